The van der Waals surface area contributed by atoms with Gasteiger partial charge in [-0.15, -0.1) is 0 Å². The van der Waals surface area contributed by atoms with E-state index in [-0.39, 0.29) is 13.5 Å². The molecule has 3 aliphatic heterocycles. The highest BCUT2D eigenvalue weighted by Crippen LogP contribution is 2.11. The molecule has 0 aromatic rings. The first kappa shape index (κ1) is 50.8. The van der Waals surface area contributed by atoms with Crippen molar-refractivity contribution < 1.29 is 47.5 Å². The summed E-state index contributed by atoms with van der Waals surface area (Å²) in [6, 6.07) is 0. The van der Waals surface area contributed by atoms with E-state index in [9.17, 15) is 14.4 Å². The fraction of sp³-hybridized carbons (Fsp3) is 0.914. The maximum absolute atomic E-state index is 11.3. The van der Waals surface area contributed by atoms with Gasteiger partial charge in [0.1, 0.15) is 16.8 Å². The third-order valence-corrected chi connectivity index (χ3v) is 6.48. The van der Waals surface area contributed by atoms with Crippen molar-refractivity contribution in [2.45, 2.75) is 86.5 Å². The fourth-order valence-electron chi connectivity index (χ4n) is 4.17. The molecule has 1 amide bonds. The van der Waals surface area contributed by atoms with Gasteiger partial charge in [-0.25, -0.2) is 14.4 Å². The minimum Gasteiger partial charge on any atom is -0.444 e. The molecule has 0 aromatic carbocycles. The Bertz CT molecular complexity index is 862. The highest BCUT2D eigenvalue weighted by atomic mass is 16.8. The van der Waals surface area contributed by atoms with E-state index in [1.54, 1.807) is 41.5 Å². The molecular formula is C35H74N6O10. The Balaban J connectivity index is 0. The van der Waals surface area contributed by atoms with Gasteiger partial charge in [-0.1, -0.05) is 7.43 Å². The molecule has 3 heterocycles. The van der Waals surface area contributed by atoms with Crippen molar-refractivity contribution in [2.24, 2.45) is 5.73 Å². The summed E-state index contributed by atoms with van der Waals surface area (Å²) in [7, 11) is 1.99. The Hall–Kier alpha value is -2.31. The maximum atomic E-state index is 11.3. The number of likely N-dealkylation sites (N-methyl/N-ethyl adjacent to an activating group) is 1. The molecule has 51 heavy (non-hydrogen) atoms. The monoisotopic (exact) mass is 739 g/mol. The van der Waals surface area contributed by atoms with Gasteiger partial charge < -0.3 is 49.5 Å². The van der Waals surface area contributed by atoms with E-state index in [0.717, 1.165) is 112 Å². The fourth-order valence-corrected chi connectivity index (χ4v) is 4.17. The highest BCUT2D eigenvalue weighted by Gasteiger charge is 2.24. The topological polar surface area (TPSA) is 176 Å². The average Bonchev–Trinajstić information content (AvgIpc) is 3.00. The molecule has 3 fully saturated rings. The molecule has 4 N–H and O–H groups in total. The molecule has 16 nitrogen and oxygen atoms in total. The second kappa shape index (κ2) is 28.2. The van der Waals surface area contributed by atoms with E-state index in [0.29, 0.717) is 6.54 Å². The molecule has 0 aliphatic carbocycles. The van der Waals surface area contributed by atoms with Crippen LogP contribution in [0.5, 0.6) is 0 Å². The number of carbonyl (C=O) groups is 3. The molecule has 3 saturated heterocycles. The number of carbonyl (C=O) groups excluding carboxylic acids is 3. The van der Waals surface area contributed by atoms with Crippen LogP contribution in [0.25, 0.3) is 0 Å². The van der Waals surface area contributed by atoms with Crippen molar-refractivity contribution in [2.75, 3.05) is 125 Å². The molecule has 0 bridgehead atoms. The highest BCUT2D eigenvalue weighted by molar-refractivity contribution is 5.77. The first-order chi connectivity index (χ1) is 23.3. The van der Waals surface area contributed by atoms with Gasteiger partial charge in [0.15, 0.2) is 0 Å². The SMILES string of the molecule is C.CC(C)(C)OC(=O)NCCN1CCOCC1.CC(C)(C)OC(=O)OC(=O)OC(C)(C)C.CNCCN1CCOCC1.NCCN1CCOCC1. The van der Waals surface area contributed by atoms with Crippen LogP contribution in [0, 0.1) is 0 Å². The molecule has 3 aliphatic rings. The van der Waals surface area contributed by atoms with Gasteiger partial charge in [0.25, 0.3) is 0 Å². The predicted molar refractivity (Wildman–Crippen MR) is 199 cm³/mol. The quantitative estimate of drug-likeness (QED) is 0.188. The van der Waals surface area contributed by atoms with Crippen LogP contribution in [0.4, 0.5) is 14.4 Å². The summed E-state index contributed by atoms with van der Waals surface area (Å²) in [5.41, 5.74) is 3.56. The number of amides is 1. The zero-order valence-corrected chi connectivity index (χ0v) is 32.7. The van der Waals surface area contributed by atoms with Gasteiger partial charge >= 0.3 is 18.4 Å². The van der Waals surface area contributed by atoms with E-state index in [4.69, 9.17) is 34.2 Å². The van der Waals surface area contributed by atoms with E-state index >= 15 is 0 Å². The van der Waals surface area contributed by atoms with Crippen molar-refractivity contribution in [3.63, 3.8) is 0 Å². The van der Waals surface area contributed by atoms with Crippen LogP contribution in [0.15, 0.2) is 0 Å². The van der Waals surface area contributed by atoms with Gasteiger partial charge in [0.2, 0.25) is 0 Å². The van der Waals surface area contributed by atoms with E-state index in [2.05, 4.69) is 30.1 Å². The Morgan fingerprint density at radius 2 is 0.922 bits per heavy atom. The predicted octanol–water partition coefficient (Wildman–Crippen LogP) is 3.17. The zero-order chi connectivity index (χ0) is 38.1. The summed E-state index contributed by atoms with van der Waals surface area (Å²) in [5.74, 6) is 0. The van der Waals surface area contributed by atoms with Gasteiger partial charge in [-0.05, 0) is 69.4 Å². The van der Waals surface area contributed by atoms with Gasteiger partial charge in [0.05, 0.1) is 39.6 Å². The van der Waals surface area contributed by atoms with Crippen LogP contribution in [-0.4, -0.2) is 175 Å². The summed E-state index contributed by atoms with van der Waals surface area (Å²) < 4.78 is 34.6. The number of ether oxygens (including phenoxy) is 7. The standard InChI is InChI=1S/C11H22N2O3.C10H18O5.C7H16N2O.C6H14N2O.CH4/c1-11(2,3)16-10(14)12-4-5-13-6-8-15-9-7-13;1-9(2,3)14-7(11)13-8(12)15-10(4,5)6;1-8-2-3-9-4-6-10-7-5-9;7-1-2-8-3-5-9-6-4-8;/h4-9H2,1-3H3,(H,12,14);1-6H3;8H,2-7H2,1H3;1-7H2;1H4. The molecule has 0 spiro atoms. The van der Waals surface area contributed by atoms with Gasteiger partial charge in [0, 0.05) is 78.5 Å². The zero-order valence-electron chi connectivity index (χ0n) is 32.7. The van der Waals surface area contributed by atoms with Gasteiger partial charge in [-0.3, -0.25) is 14.7 Å². The van der Waals surface area contributed by atoms with Crippen molar-refractivity contribution in [3.8, 4) is 0 Å². The summed E-state index contributed by atoms with van der Waals surface area (Å²) in [5, 5.41) is 5.88. The lowest BCUT2D eigenvalue weighted by Crippen LogP contribution is -2.42. The smallest absolute Gasteiger partial charge is 0.444 e. The van der Waals surface area contributed by atoms with Crippen molar-refractivity contribution in [3.05, 3.63) is 0 Å². The molecule has 0 unspecified atom stereocenters. The van der Waals surface area contributed by atoms with Crippen LogP contribution in [0.3, 0.4) is 0 Å². The maximum Gasteiger partial charge on any atom is 0.519 e. The first-order valence-electron chi connectivity index (χ1n) is 17.7. The molecule has 3 rings (SSSR count). The van der Waals surface area contributed by atoms with Crippen molar-refractivity contribution in [1.82, 2.24) is 25.3 Å². The first-order valence-corrected chi connectivity index (χ1v) is 17.7. The number of nitrogens with two attached hydrogens (primary N) is 1. The number of alkyl carbamates (subject to hydrolysis) is 1. The van der Waals surface area contributed by atoms with Gasteiger partial charge in [-0.2, -0.15) is 0 Å². The normalized spacial score (nSPS) is 17.3. The Labute approximate surface area is 308 Å². The van der Waals surface area contributed by atoms with Crippen LogP contribution in [0.1, 0.15) is 69.7 Å². The second-order valence-electron chi connectivity index (χ2n) is 14.7. The third-order valence-electron chi connectivity index (χ3n) is 6.48. The molecule has 16 heteroatoms. The Morgan fingerprint density at radius 1 is 0.588 bits per heavy atom. The molecule has 0 saturated carbocycles. The molecule has 304 valence electrons. The minimum absolute atomic E-state index is 0. The van der Waals surface area contributed by atoms with Crippen LogP contribution in [0.2, 0.25) is 0 Å². The summed E-state index contributed by atoms with van der Waals surface area (Å²) in [6.45, 7) is 32.4. The molecular weight excluding hydrogens is 664 g/mol. The lowest BCUT2D eigenvalue weighted by Gasteiger charge is -2.26. The Kier molecular flexibility index (Phi) is 28.1. The summed E-state index contributed by atoms with van der Waals surface area (Å²) in [4.78, 5) is 40.3. The molecule has 0 atom stereocenters. The van der Waals surface area contributed by atoms with E-state index in [1.807, 2.05) is 27.8 Å². The number of hydrogen-bond acceptors (Lipinski definition) is 15. The minimum atomic E-state index is -1.06. The number of nitrogens with zero attached hydrogens (tertiary/aromatic N) is 3. The van der Waals surface area contributed by atoms with Crippen LogP contribution in [-0.2, 0) is 33.2 Å². The number of rotatable bonds is 8. The average molecular weight is 739 g/mol. The van der Waals surface area contributed by atoms with E-state index < -0.39 is 29.1 Å². The van der Waals surface area contributed by atoms with Crippen molar-refractivity contribution >= 4 is 18.4 Å². The number of nitrogens with one attached hydrogen (secondary N) is 2. The third kappa shape index (κ3) is 34.5. The molecule has 0 radical (unpaired) electrons. The second-order valence-corrected chi connectivity index (χ2v) is 14.7. The number of hydrogen-bond donors (Lipinski definition) is 3. The lowest BCUT2D eigenvalue weighted by molar-refractivity contribution is -0.0294. The Morgan fingerprint density at radius 3 is 1.24 bits per heavy atom. The largest absolute Gasteiger partial charge is 0.519 e. The van der Waals surface area contributed by atoms with Crippen LogP contribution < -0.4 is 16.4 Å². The number of morpholine rings is 3. The summed E-state index contributed by atoms with van der Waals surface area (Å²) in [6.07, 6.45) is -2.46. The van der Waals surface area contributed by atoms with Crippen LogP contribution >= 0.6 is 0 Å². The lowest BCUT2D eigenvalue weighted by atomic mass is 10.2. The summed E-state index contributed by atoms with van der Waals surface area (Å²) >= 11 is 0. The van der Waals surface area contributed by atoms with E-state index in [1.165, 1.54) is 0 Å². The molecule has 0 aromatic heterocycles. The van der Waals surface area contributed by atoms with Crippen molar-refractivity contribution in [1.29, 1.82) is 0 Å².